The summed E-state index contributed by atoms with van der Waals surface area (Å²) in [7, 11) is -9.16. The lowest BCUT2D eigenvalue weighted by Crippen LogP contribution is -2.70. The SMILES string of the molecule is CCCCCCC/C=C(\C)C(=O)NC(CC)[Si](O[Si](C)(C)C)(O[Si](C)(C)C)O[Si](C)(C)C. The highest BCUT2D eigenvalue weighted by Gasteiger charge is 2.56. The molecule has 0 radical (unpaired) electrons. The molecule has 32 heavy (non-hydrogen) atoms. The zero-order chi connectivity index (χ0) is 25.2. The minimum Gasteiger partial charge on any atom is -0.416 e. The Balaban J connectivity index is 5.74. The maximum atomic E-state index is 13.1. The molecule has 0 aromatic heterocycles. The molecule has 0 aromatic rings. The third-order valence-corrected chi connectivity index (χ3v) is 16.8. The van der Waals surface area contributed by atoms with Gasteiger partial charge in [0.05, 0.1) is 5.67 Å². The van der Waals surface area contributed by atoms with Crippen LogP contribution in [0.25, 0.3) is 0 Å². The van der Waals surface area contributed by atoms with E-state index in [4.69, 9.17) is 12.3 Å². The smallest absolute Gasteiger partial charge is 0.416 e. The molecule has 0 aliphatic carbocycles. The van der Waals surface area contributed by atoms with E-state index in [0.29, 0.717) is 0 Å². The van der Waals surface area contributed by atoms with Gasteiger partial charge in [-0.3, -0.25) is 4.79 Å². The van der Waals surface area contributed by atoms with Crippen LogP contribution >= 0.6 is 0 Å². The van der Waals surface area contributed by atoms with Gasteiger partial charge in [-0.05, 0) is 85.1 Å². The van der Waals surface area contributed by atoms with Gasteiger partial charge in [-0.2, -0.15) is 0 Å². The Labute approximate surface area is 203 Å². The number of amides is 1. The lowest BCUT2D eigenvalue weighted by molar-refractivity contribution is -0.118. The third-order valence-electron chi connectivity index (χ3n) is 4.60. The van der Waals surface area contributed by atoms with Gasteiger partial charge >= 0.3 is 8.80 Å². The summed E-state index contributed by atoms with van der Waals surface area (Å²) < 4.78 is 20.4. The molecule has 0 fully saturated rings. The highest BCUT2D eigenvalue weighted by molar-refractivity contribution is 6.90. The van der Waals surface area contributed by atoms with Crippen molar-refractivity contribution in [2.75, 3.05) is 0 Å². The molecule has 1 unspecified atom stereocenters. The quantitative estimate of drug-likeness (QED) is 0.133. The molecule has 0 aliphatic heterocycles. The molecule has 9 heteroatoms. The summed E-state index contributed by atoms with van der Waals surface area (Å²) in [4.78, 5) is 13.1. The normalized spacial score (nSPS) is 15.1. The first kappa shape index (κ1) is 32.0. The number of nitrogens with one attached hydrogen (secondary N) is 1. The number of unbranched alkanes of at least 4 members (excludes halogenated alkanes) is 5. The van der Waals surface area contributed by atoms with Crippen molar-refractivity contribution in [1.82, 2.24) is 5.32 Å². The maximum absolute atomic E-state index is 13.1. The van der Waals surface area contributed by atoms with Crippen LogP contribution in [0.15, 0.2) is 11.6 Å². The summed E-state index contributed by atoms with van der Waals surface area (Å²) >= 11 is 0. The third kappa shape index (κ3) is 14.3. The minimum absolute atomic E-state index is 0.0280. The van der Waals surface area contributed by atoms with Gasteiger partial charge in [0.25, 0.3) is 0 Å². The molecule has 0 spiro atoms. The van der Waals surface area contributed by atoms with Crippen molar-refractivity contribution in [3.63, 3.8) is 0 Å². The molecule has 190 valence electrons. The average molecular weight is 520 g/mol. The predicted octanol–water partition coefficient (Wildman–Crippen LogP) is 7.22. The highest BCUT2D eigenvalue weighted by Crippen LogP contribution is 2.29. The van der Waals surface area contributed by atoms with Crippen molar-refractivity contribution < 1.29 is 17.1 Å². The Kier molecular flexibility index (Phi) is 13.7. The zero-order valence-corrected chi connectivity index (χ0v) is 27.2. The Morgan fingerprint density at radius 2 is 1.22 bits per heavy atom. The highest BCUT2D eigenvalue weighted by atomic mass is 28.5. The molecule has 5 nitrogen and oxygen atoms in total. The first-order valence-corrected chi connectivity index (χ1v) is 24.6. The summed E-state index contributed by atoms with van der Waals surface area (Å²) in [6.07, 6.45) is 9.93. The lowest BCUT2D eigenvalue weighted by Gasteiger charge is -2.46. The molecular weight excluding hydrogens is 467 g/mol. The van der Waals surface area contributed by atoms with Gasteiger partial charge in [0.2, 0.25) is 5.91 Å². The fraction of sp³-hybridized carbons (Fsp3) is 0.870. The molecular formula is C23H53NO4Si4. The van der Waals surface area contributed by atoms with E-state index in [1.54, 1.807) is 0 Å². The molecule has 0 heterocycles. The molecule has 1 atom stereocenters. The fourth-order valence-corrected chi connectivity index (χ4v) is 17.8. The van der Waals surface area contributed by atoms with Crippen LogP contribution < -0.4 is 5.32 Å². The van der Waals surface area contributed by atoms with Gasteiger partial charge < -0.3 is 17.7 Å². The second-order valence-corrected chi connectivity index (χ2v) is 28.8. The Hall–Kier alpha value is -0.0425. The van der Waals surface area contributed by atoms with Gasteiger partial charge in [-0.1, -0.05) is 45.6 Å². The van der Waals surface area contributed by atoms with Crippen LogP contribution in [0.2, 0.25) is 58.9 Å². The molecule has 1 N–H and O–H groups in total. The Morgan fingerprint density at radius 3 is 1.59 bits per heavy atom. The van der Waals surface area contributed by atoms with E-state index in [9.17, 15) is 4.79 Å². The van der Waals surface area contributed by atoms with Gasteiger partial charge in [0.15, 0.2) is 25.0 Å². The van der Waals surface area contributed by atoms with Crippen LogP contribution in [0.4, 0.5) is 0 Å². The number of rotatable bonds is 16. The zero-order valence-electron chi connectivity index (χ0n) is 23.2. The number of allylic oxidation sites excluding steroid dienone is 1. The topological polar surface area (TPSA) is 56.8 Å². The molecule has 0 saturated heterocycles. The van der Waals surface area contributed by atoms with Crippen LogP contribution in [-0.2, 0) is 17.1 Å². The van der Waals surface area contributed by atoms with Gasteiger partial charge in [-0.25, -0.2) is 0 Å². The van der Waals surface area contributed by atoms with E-state index in [0.717, 1.165) is 24.8 Å². The largest absolute Gasteiger partial charge is 0.493 e. The van der Waals surface area contributed by atoms with Crippen molar-refractivity contribution >= 4 is 39.7 Å². The van der Waals surface area contributed by atoms with E-state index in [1.807, 2.05) is 6.92 Å². The van der Waals surface area contributed by atoms with E-state index in [1.165, 1.54) is 25.7 Å². The van der Waals surface area contributed by atoms with E-state index in [2.05, 4.69) is 84.2 Å². The Bertz CT molecular complexity index is 551. The van der Waals surface area contributed by atoms with Crippen molar-refractivity contribution in [2.45, 2.75) is 130 Å². The summed E-state index contributed by atoms with van der Waals surface area (Å²) in [5, 5.41) is 3.28. The van der Waals surface area contributed by atoms with Crippen LogP contribution in [0.5, 0.6) is 0 Å². The van der Waals surface area contributed by atoms with E-state index >= 15 is 0 Å². The summed E-state index contributed by atoms with van der Waals surface area (Å²) in [5.41, 5.74) is 0.531. The molecule has 0 aliphatic rings. The first-order valence-electron chi connectivity index (χ1n) is 12.5. The van der Waals surface area contributed by atoms with Crippen LogP contribution in [0.1, 0.15) is 65.7 Å². The van der Waals surface area contributed by atoms with Gasteiger partial charge in [0, 0.05) is 5.57 Å². The number of carbonyl (C=O) groups excluding carboxylic acids is 1. The van der Waals surface area contributed by atoms with Crippen molar-refractivity contribution in [1.29, 1.82) is 0 Å². The molecule has 0 bridgehead atoms. The van der Waals surface area contributed by atoms with Crippen LogP contribution in [0, 0.1) is 0 Å². The van der Waals surface area contributed by atoms with Crippen LogP contribution in [0.3, 0.4) is 0 Å². The van der Waals surface area contributed by atoms with Gasteiger partial charge in [-0.15, -0.1) is 0 Å². The molecule has 1 amide bonds. The van der Waals surface area contributed by atoms with E-state index < -0.39 is 33.8 Å². The minimum atomic E-state index is -3.17. The second-order valence-electron chi connectivity index (χ2n) is 11.8. The number of carbonyl (C=O) groups is 1. The summed E-state index contributed by atoms with van der Waals surface area (Å²) in [6, 6.07) is 0. The van der Waals surface area contributed by atoms with Crippen molar-refractivity contribution in [3.8, 4) is 0 Å². The number of hydrogen-bond donors (Lipinski definition) is 1. The van der Waals surface area contributed by atoms with Crippen molar-refractivity contribution in [2.24, 2.45) is 0 Å². The van der Waals surface area contributed by atoms with Crippen LogP contribution in [-0.4, -0.2) is 45.3 Å². The van der Waals surface area contributed by atoms with Crippen molar-refractivity contribution in [3.05, 3.63) is 11.6 Å². The predicted molar refractivity (Wildman–Crippen MR) is 148 cm³/mol. The Morgan fingerprint density at radius 1 is 0.781 bits per heavy atom. The first-order chi connectivity index (χ1) is 14.4. The monoisotopic (exact) mass is 519 g/mol. The average Bonchev–Trinajstić information content (AvgIpc) is 2.57. The fourth-order valence-electron chi connectivity index (χ4n) is 3.43. The van der Waals surface area contributed by atoms with E-state index in [-0.39, 0.29) is 11.6 Å². The molecule has 0 saturated carbocycles. The standard InChI is InChI=1S/C23H53NO4Si4/c1-13-15-16-17-18-19-20-21(3)23(25)24-22(14-2)32(26-29(4,5)6,27-30(7,8)9)28-31(10,11)12/h20,22H,13-19H2,1-12H3,(H,24,25)/b21-20+. The summed E-state index contributed by atoms with van der Waals surface area (Å²) in [6.45, 7) is 25.8. The summed E-state index contributed by atoms with van der Waals surface area (Å²) in [5.74, 6) is -0.0280. The molecule has 0 rings (SSSR count). The van der Waals surface area contributed by atoms with Gasteiger partial charge in [0.1, 0.15) is 0 Å². The number of hydrogen-bond acceptors (Lipinski definition) is 4. The molecule has 0 aromatic carbocycles. The second kappa shape index (κ2) is 13.7. The lowest BCUT2D eigenvalue weighted by atomic mass is 10.1. The maximum Gasteiger partial charge on any atom is 0.493 e.